The molecule has 2 rings (SSSR count). The number of ether oxygens (including phenoxy) is 1. The van der Waals surface area contributed by atoms with Gasteiger partial charge in [0, 0.05) is 5.69 Å². The molecule has 0 saturated heterocycles. The number of anilines is 2. The maximum Gasteiger partial charge on any atom is 0.261 e. The Morgan fingerprint density at radius 3 is 2.36 bits per heavy atom. The molecule has 0 fully saturated rings. The van der Waals surface area contributed by atoms with Crippen LogP contribution < -0.4 is 14.9 Å². The maximum atomic E-state index is 12.4. The highest BCUT2D eigenvalue weighted by atomic mass is 32.2. The number of hydrogen-bond donors (Lipinski definition) is 2. The molecule has 25 heavy (non-hydrogen) atoms. The van der Waals surface area contributed by atoms with E-state index in [4.69, 9.17) is 15.3 Å². The fraction of sp³-hybridized carbons (Fsp3) is 0.0625. The van der Waals surface area contributed by atoms with Crippen LogP contribution in [-0.4, -0.2) is 21.2 Å². The van der Waals surface area contributed by atoms with Gasteiger partial charge in [0.2, 0.25) is 5.71 Å². The molecule has 9 heteroatoms. The Bertz CT molecular complexity index is 954. The number of nitrogens with one attached hydrogen (secondary N) is 2. The molecule has 0 aromatic heterocycles. The topological polar surface area (TPSA) is 127 Å². The standard InChI is InChI=1S/C16H13N5O3S/c1-24-15-7-5-12(6-8-15)21-25(22,23)16-4-2-3-13(9-16)19-20-14(10-17)11-18/h2-9,19,21H,1H3. The Hall–Kier alpha value is -3.56. The second kappa shape index (κ2) is 7.81. The first-order chi connectivity index (χ1) is 12.0. The molecule has 8 nitrogen and oxygen atoms in total. The lowest BCUT2D eigenvalue weighted by Gasteiger charge is -2.10. The van der Waals surface area contributed by atoms with Crippen molar-refractivity contribution in [3.05, 3.63) is 48.5 Å². The molecular formula is C16H13N5O3S. The molecule has 0 amide bonds. The lowest BCUT2D eigenvalue weighted by Crippen LogP contribution is -2.13. The molecule has 0 aliphatic carbocycles. The van der Waals surface area contributed by atoms with Crippen LogP contribution in [0, 0.1) is 22.7 Å². The zero-order valence-electron chi connectivity index (χ0n) is 13.1. The number of hydrazone groups is 1. The Labute approximate surface area is 145 Å². The van der Waals surface area contributed by atoms with Gasteiger partial charge >= 0.3 is 0 Å². The van der Waals surface area contributed by atoms with Crippen molar-refractivity contribution < 1.29 is 13.2 Å². The van der Waals surface area contributed by atoms with Gasteiger partial charge in [0.15, 0.2) is 0 Å². The molecule has 126 valence electrons. The van der Waals surface area contributed by atoms with Crippen LogP contribution in [0.4, 0.5) is 11.4 Å². The highest BCUT2D eigenvalue weighted by Gasteiger charge is 2.14. The molecule has 0 aliphatic heterocycles. The number of nitrogens with zero attached hydrogens (tertiary/aromatic N) is 3. The van der Waals surface area contributed by atoms with Gasteiger partial charge in [0.25, 0.3) is 10.0 Å². The van der Waals surface area contributed by atoms with Crippen LogP contribution in [0.15, 0.2) is 58.5 Å². The molecule has 0 saturated carbocycles. The quantitative estimate of drug-likeness (QED) is 0.604. The normalized spacial score (nSPS) is 10.0. The first kappa shape index (κ1) is 17.8. The first-order valence-electron chi connectivity index (χ1n) is 6.89. The second-order valence-electron chi connectivity index (χ2n) is 4.66. The Morgan fingerprint density at radius 2 is 1.76 bits per heavy atom. The molecule has 0 unspecified atom stereocenters. The molecule has 2 N–H and O–H groups in total. The Kier molecular flexibility index (Phi) is 5.56. The second-order valence-corrected chi connectivity index (χ2v) is 6.34. The molecule has 0 spiro atoms. The average molecular weight is 355 g/mol. The average Bonchev–Trinajstić information content (AvgIpc) is 2.63. The van der Waals surface area contributed by atoms with Gasteiger partial charge < -0.3 is 4.74 Å². The molecule has 0 radical (unpaired) electrons. The van der Waals surface area contributed by atoms with E-state index in [1.807, 2.05) is 0 Å². The molecule has 0 aliphatic rings. The fourth-order valence-corrected chi connectivity index (χ4v) is 2.91. The van der Waals surface area contributed by atoms with E-state index < -0.39 is 10.0 Å². The summed E-state index contributed by atoms with van der Waals surface area (Å²) in [6.07, 6.45) is 0. The van der Waals surface area contributed by atoms with Crippen molar-refractivity contribution in [3.63, 3.8) is 0 Å². The smallest absolute Gasteiger partial charge is 0.261 e. The minimum atomic E-state index is -3.81. The van der Waals surface area contributed by atoms with Gasteiger partial charge in [-0.3, -0.25) is 10.1 Å². The van der Waals surface area contributed by atoms with Crippen LogP contribution >= 0.6 is 0 Å². The summed E-state index contributed by atoms with van der Waals surface area (Å²) < 4.78 is 32.4. The van der Waals surface area contributed by atoms with Crippen LogP contribution in [0.25, 0.3) is 0 Å². The van der Waals surface area contributed by atoms with Crippen molar-refractivity contribution in [2.75, 3.05) is 17.3 Å². The van der Waals surface area contributed by atoms with Crippen LogP contribution in [0.5, 0.6) is 5.75 Å². The number of hydrogen-bond acceptors (Lipinski definition) is 7. The Morgan fingerprint density at radius 1 is 1.08 bits per heavy atom. The summed E-state index contributed by atoms with van der Waals surface area (Å²) in [7, 11) is -2.30. The number of rotatable bonds is 6. The molecule has 2 aromatic carbocycles. The van der Waals surface area contributed by atoms with Crippen LogP contribution in [0.3, 0.4) is 0 Å². The van der Waals surface area contributed by atoms with Gasteiger partial charge in [-0.25, -0.2) is 8.42 Å². The predicted molar refractivity (Wildman–Crippen MR) is 92.5 cm³/mol. The zero-order valence-corrected chi connectivity index (χ0v) is 13.9. The van der Waals surface area contributed by atoms with Crippen LogP contribution in [0.2, 0.25) is 0 Å². The lowest BCUT2D eigenvalue weighted by molar-refractivity contribution is 0.415. The summed E-state index contributed by atoms with van der Waals surface area (Å²) in [6, 6.07) is 15.4. The SMILES string of the molecule is COc1ccc(NS(=O)(=O)c2cccc(NN=C(C#N)C#N)c2)cc1. The largest absolute Gasteiger partial charge is 0.497 e. The first-order valence-corrected chi connectivity index (χ1v) is 8.37. The highest BCUT2D eigenvalue weighted by molar-refractivity contribution is 7.92. The van der Waals surface area contributed by atoms with Gasteiger partial charge in [-0.1, -0.05) is 6.07 Å². The van der Waals surface area contributed by atoms with Crippen LogP contribution in [0.1, 0.15) is 0 Å². The molecule has 0 bridgehead atoms. The summed E-state index contributed by atoms with van der Waals surface area (Å²) in [6.45, 7) is 0. The van der Waals surface area contributed by atoms with E-state index in [1.165, 1.54) is 25.3 Å². The van der Waals surface area contributed by atoms with Gasteiger partial charge in [0.1, 0.15) is 17.9 Å². The summed E-state index contributed by atoms with van der Waals surface area (Å²) >= 11 is 0. The minimum absolute atomic E-state index is 0.000941. The minimum Gasteiger partial charge on any atom is -0.497 e. The van der Waals surface area contributed by atoms with E-state index in [0.717, 1.165) is 0 Å². The van der Waals surface area contributed by atoms with E-state index in [-0.39, 0.29) is 10.6 Å². The lowest BCUT2D eigenvalue weighted by atomic mass is 10.3. The van der Waals surface area contributed by atoms with E-state index in [1.54, 1.807) is 42.5 Å². The van der Waals surface area contributed by atoms with Gasteiger partial charge in [-0.2, -0.15) is 15.6 Å². The third-order valence-corrected chi connectivity index (χ3v) is 4.37. The van der Waals surface area contributed by atoms with Crippen molar-refractivity contribution >= 4 is 27.1 Å². The van der Waals surface area contributed by atoms with Crippen molar-refractivity contribution in [3.8, 4) is 17.9 Å². The van der Waals surface area contributed by atoms with E-state index in [0.29, 0.717) is 17.1 Å². The molecule has 2 aromatic rings. The van der Waals surface area contributed by atoms with Gasteiger partial charge in [-0.15, -0.1) is 0 Å². The molecule has 0 heterocycles. The van der Waals surface area contributed by atoms with Gasteiger partial charge in [0.05, 0.1) is 17.7 Å². The highest BCUT2D eigenvalue weighted by Crippen LogP contribution is 2.21. The summed E-state index contributed by atoms with van der Waals surface area (Å²) in [4.78, 5) is -0.000941. The molecule has 0 atom stereocenters. The van der Waals surface area contributed by atoms with E-state index in [9.17, 15) is 8.42 Å². The zero-order chi connectivity index (χ0) is 18.3. The molecular weight excluding hydrogens is 342 g/mol. The monoisotopic (exact) mass is 355 g/mol. The third-order valence-electron chi connectivity index (χ3n) is 3.00. The number of benzene rings is 2. The van der Waals surface area contributed by atoms with Crippen LogP contribution in [-0.2, 0) is 10.0 Å². The van der Waals surface area contributed by atoms with E-state index >= 15 is 0 Å². The van der Waals surface area contributed by atoms with Crippen molar-refractivity contribution in [2.45, 2.75) is 4.90 Å². The predicted octanol–water partition coefficient (Wildman–Crippen LogP) is 2.31. The number of nitriles is 2. The van der Waals surface area contributed by atoms with Crippen molar-refractivity contribution in [1.82, 2.24) is 0 Å². The maximum absolute atomic E-state index is 12.4. The number of sulfonamides is 1. The summed E-state index contributed by atoms with van der Waals surface area (Å²) in [5, 5.41) is 20.8. The summed E-state index contributed by atoms with van der Waals surface area (Å²) in [5.74, 6) is 0.609. The number of methoxy groups -OCH3 is 1. The third kappa shape index (κ3) is 4.70. The van der Waals surface area contributed by atoms with Crippen molar-refractivity contribution in [1.29, 1.82) is 10.5 Å². The fourth-order valence-electron chi connectivity index (χ4n) is 1.80. The van der Waals surface area contributed by atoms with Crippen molar-refractivity contribution in [2.24, 2.45) is 5.10 Å². The summed E-state index contributed by atoms with van der Waals surface area (Å²) in [5.41, 5.74) is 2.80. The Balaban J connectivity index is 2.22. The van der Waals surface area contributed by atoms with Gasteiger partial charge in [-0.05, 0) is 42.5 Å². The van der Waals surface area contributed by atoms with E-state index in [2.05, 4.69) is 15.2 Å².